The molecule has 0 fully saturated rings. The van der Waals surface area contributed by atoms with Crippen molar-refractivity contribution in [2.75, 3.05) is 0 Å². The van der Waals surface area contributed by atoms with Crippen LogP contribution in [0.5, 0.6) is 0 Å². The third-order valence-electron chi connectivity index (χ3n) is 2.72. The van der Waals surface area contributed by atoms with Crippen molar-refractivity contribution in [3.05, 3.63) is 52.9 Å². The first-order chi connectivity index (χ1) is 8.89. The lowest BCUT2D eigenvalue weighted by atomic mass is 10.1. The summed E-state index contributed by atoms with van der Waals surface area (Å²) in [4.78, 5) is 0. The Kier molecular flexibility index (Phi) is 4.10. The molecule has 102 valence electrons. The topological polar surface area (TPSA) is 17.1 Å². The SMILES string of the molecule is C[C@@H](c1ccc(C(F)(F)F)cc1)[S@@](=O)c1cccs1. The van der Waals surface area contributed by atoms with E-state index in [2.05, 4.69) is 0 Å². The molecule has 2 rings (SSSR count). The number of thiophene rings is 1. The second-order valence-corrected chi connectivity index (χ2v) is 6.94. The van der Waals surface area contributed by atoms with Crippen molar-refractivity contribution in [1.29, 1.82) is 0 Å². The summed E-state index contributed by atoms with van der Waals surface area (Å²) in [6, 6.07) is 8.39. The smallest absolute Gasteiger partial charge is 0.253 e. The number of hydrogen-bond donors (Lipinski definition) is 0. The molecule has 0 saturated heterocycles. The molecule has 0 spiro atoms. The molecule has 1 heterocycles. The van der Waals surface area contributed by atoms with E-state index in [-0.39, 0.29) is 5.25 Å². The van der Waals surface area contributed by atoms with E-state index in [4.69, 9.17) is 0 Å². The van der Waals surface area contributed by atoms with Crippen LogP contribution in [0.3, 0.4) is 0 Å². The fraction of sp³-hybridized carbons (Fsp3) is 0.231. The quantitative estimate of drug-likeness (QED) is 0.807. The normalized spacial score (nSPS) is 15.2. The minimum atomic E-state index is -4.34. The molecular formula is C13H11F3OS2. The third kappa shape index (κ3) is 3.25. The van der Waals surface area contributed by atoms with Gasteiger partial charge in [0.15, 0.2) is 0 Å². The van der Waals surface area contributed by atoms with Gasteiger partial charge in [-0.2, -0.15) is 13.2 Å². The highest BCUT2D eigenvalue weighted by atomic mass is 32.2. The molecule has 2 aromatic rings. The van der Waals surface area contributed by atoms with Crippen molar-refractivity contribution in [2.45, 2.75) is 22.6 Å². The molecule has 0 aliphatic heterocycles. The van der Waals surface area contributed by atoms with Gasteiger partial charge in [0.2, 0.25) is 0 Å². The molecule has 1 aromatic carbocycles. The fourth-order valence-corrected chi connectivity index (χ4v) is 4.01. The van der Waals surface area contributed by atoms with E-state index in [0.29, 0.717) is 5.56 Å². The van der Waals surface area contributed by atoms with E-state index in [1.807, 2.05) is 5.38 Å². The van der Waals surface area contributed by atoms with Gasteiger partial charge in [-0.1, -0.05) is 18.2 Å². The molecule has 0 unspecified atom stereocenters. The Morgan fingerprint density at radius 3 is 2.26 bits per heavy atom. The zero-order chi connectivity index (χ0) is 14.0. The number of benzene rings is 1. The molecule has 1 aromatic heterocycles. The van der Waals surface area contributed by atoms with Crippen molar-refractivity contribution in [2.24, 2.45) is 0 Å². The summed E-state index contributed by atoms with van der Waals surface area (Å²) in [5.74, 6) is 0. The minimum Gasteiger partial charge on any atom is -0.253 e. The highest BCUT2D eigenvalue weighted by Gasteiger charge is 2.30. The Bertz CT molecular complexity index is 559. The van der Waals surface area contributed by atoms with Crippen LogP contribution in [0.1, 0.15) is 23.3 Å². The van der Waals surface area contributed by atoms with Crippen LogP contribution in [-0.4, -0.2) is 4.21 Å². The summed E-state index contributed by atoms with van der Waals surface area (Å²) in [6.45, 7) is 1.75. The van der Waals surface area contributed by atoms with Crippen molar-refractivity contribution >= 4 is 22.1 Å². The van der Waals surface area contributed by atoms with Crippen LogP contribution in [0, 0.1) is 0 Å². The fourth-order valence-electron chi connectivity index (χ4n) is 1.62. The van der Waals surface area contributed by atoms with Gasteiger partial charge in [-0.05, 0) is 36.1 Å². The standard InChI is InChI=1S/C13H11F3OS2/c1-9(19(17)12-3-2-8-18-12)10-4-6-11(7-5-10)13(14,15)16/h2-9H,1H3/t9-,19+/m0/s1. The monoisotopic (exact) mass is 304 g/mol. The lowest BCUT2D eigenvalue weighted by molar-refractivity contribution is -0.137. The molecule has 0 saturated carbocycles. The molecule has 0 aliphatic rings. The van der Waals surface area contributed by atoms with E-state index in [1.54, 1.807) is 19.1 Å². The van der Waals surface area contributed by atoms with Crippen LogP contribution in [0.4, 0.5) is 13.2 Å². The Morgan fingerprint density at radius 1 is 1.16 bits per heavy atom. The Labute approximate surface area is 115 Å². The molecule has 19 heavy (non-hydrogen) atoms. The summed E-state index contributed by atoms with van der Waals surface area (Å²) in [6.07, 6.45) is -4.34. The largest absolute Gasteiger partial charge is 0.416 e. The van der Waals surface area contributed by atoms with E-state index in [1.165, 1.54) is 23.5 Å². The summed E-state index contributed by atoms with van der Waals surface area (Å²) in [5.41, 5.74) is -0.0508. The second-order valence-electron chi connectivity index (χ2n) is 3.99. The van der Waals surface area contributed by atoms with Crippen LogP contribution < -0.4 is 0 Å². The van der Waals surface area contributed by atoms with Crippen LogP contribution >= 0.6 is 11.3 Å². The molecule has 2 atom stereocenters. The van der Waals surface area contributed by atoms with Crippen molar-refractivity contribution in [1.82, 2.24) is 0 Å². The molecular weight excluding hydrogens is 293 g/mol. The lowest BCUT2D eigenvalue weighted by Crippen LogP contribution is -2.06. The Morgan fingerprint density at radius 2 is 1.79 bits per heavy atom. The predicted octanol–water partition coefficient (Wildman–Crippen LogP) is 4.64. The van der Waals surface area contributed by atoms with Crippen LogP contribution in [-0.2, 0) is 17.0 Å². The first kappa shape index (κ1) is 14.3. The second kappa shape index (κ2) is 5.46. The van der Waals surface area contributed by atoms with E-state index in [0.717, 1.165) is 16.3 Å². The van der Waals surface area contributed by atoms with Gasteiger partial charge < -0.3 is 0 Å². The van der Waals surface area contributed by atoms with Gasteiger partial charge in [-0.3, -0.25) is 4.21 Å². The molecule has 1 nitrogen and oxygen atoms in total. The maximum Gasteiger partial charge on any atom is 0.416 e. The average Bonchev–Trinajstić information content (AvgIpc) is 2.90. The van der Waals surface area contributed by atoms with Gasteiger partial charge in [-0.15, -0.1) is 11.3 Å². The van der Waals surface area contributed by atoms with Gasteiger partial charge >= 0.3 is 6.18 Å². The minimum absolute atomic E-state index is 0.332. The third-order valence-corrected chi connectivity index (χ3v) is 5.61. The van der Waals surface area contributed by atoms with Crippen molar-refractivity contribution in [3.63, 3.8) is 0 Å². The maximum atomic E-state index is 12.4. The molecule has 0 amide bonds. The molecule has 0 aliphatic carbocycles. The summed E-state index contributed by atoms with van der Waals surface area (Å²) >= 11 is 1.38. The van der Waals surface area contributed by atoms with Crippen molar-refractivity contribution < 1.29 is 17.4 Å². The number of hydrogen-bond acceptors (Lipinski definition) is 2. The first-order valence-corrected chi connectivity index (χ1v) is 7.60. The van der Waals surface area contributed by atoms with Crippen LogP contribution in [0.15, 0.2) is 46.0 Å². The molecule has 6 heteroatoms. The molecule has 0 bridgehead atoms. The first-order valence-electron chi connectivity index (χ1n) is 5.51. The highest BCUT2D eigenvalue weighted by molar-refractivity contribution is 7.87. The van der Waals surface area contributed by atoms with Gasteiger partial charge in [0.05, 0.1) is 25.8 Å². The Hall–Kier alpha value is -1.14. The number of rotatable bonds is 3. The predicted molar refractivity (Wildman–Crippen MR) is 70.6 cm³/mol. The van der Waals surface area contributed by atoms with Gasteiger partial charge in [0.1, 0.15) is 0 Å². The zero-order valence-corrected chi connectivity index (χ0v) is 11.6. The van der Waals surface area contributed by atoms with E-state index in [9.17, 15) is 17.4 Å². The average molecular weight is 304 g/mol. The Balaban J connectivity index is 2.21. The van der Waals surface area contributed by atoms with Crippen LogP contribution in [0.2, 0.25) is 0 Å². The van der Waals surface area contributed by atoms with E-state index < -0.39 is 22.5 Å². The molecule has 0 radical (unpaired) electrons. The number of halogens is 3. The number of alkyl halides is 3. The van der Waals surface area contributed by atoms with E-state index >= 15 is 0 Å². The van der Waals surface area contributed by atoms with Gasteiger partial charge in [-0.25, -0.2) is 0 Å². The maximum absolute atomic E-state index is 12.4. The summed E-state index contributed by atoms with van der Waals surface area (Å²) < 4.78 is 50.2. The lowest BCUT2D eigenvalue weighted by Gasteiger charge is -2.12. The van der Waals surface area contributed by atoms with Gasteiger partial charge in [0.25, 0.3) is 0 Å². The molecule has 0 N–H and O–H groups in total. The summed E-state index contributed by atoms with van der Waals surface area (Å²) in [5, 5.41) is 1.49. The van der Waals surface area contributed by atoms with Crippen molar-refractivity contribution in [3.8, 4) is 0 Å². The summed E-state index contributed by atoms with van der Waals surface area (Å²) in [7, 11) is -1.24. The zero-order valence-electron chi connectivity index (χ0n) is 9.98. The highest BCUT2D eigenvalue weighted by Crippen LogP contribution is 2.32. The van der Waals surface area contributed by atoms with Gasteiger partial charge in [0, 0.05) is 0 Å². The van der Waals surface area contributed by atoms with Crippen LogP contribution in [0.25, 0.3) is 0 Å².